The normalized spacial score (nSPS) is 12.3. The van der Waals surface area contributed by atoms with Crippen molar-refractivity contribution >= 4 is 35.8 Å². The van der Waals surface area contributed by atoms with E-state index in [0.717, 1.165) is 18.9 Å². The summed E-state index contributed by atoms with van der Waals surface area (Å²) in [4.78, 5) is 16.4. The van der Waals surface area contributed by atoms with Crippen molar-refractivity contribution in [3.63, 3.8) is 0 Å². The molecule has 1 aromatic carbocycles. The highest BCUT2D eigenvalue weighted by atomic mass is 127. The van der Waals surface area contributed by atoms with Crippen molar-refractivity contribution in [3.05, 3.63) is 35.9 Å². The molecular formula is C18H31IN4O. The number of hydrogen-bond acceptors (Lipinski definition) is 2. The maximum atomic E-state index is 11.9. The minimum Gasteiger partial charge on any atom is -0.357 e. The Morgan fingerprint density at radius 2 is 1.79 bits per heavy atom. The third-order valence-electron chi connectivity index (χ3n) is 3.63. The number of nitrogens with zero attached hydrogens (tertiary/aromatic N) is 1. The molecule has 0 aromatic heterocycles. The standard InChI is InChI=1S/C18H30N4O.HI/c1-5-19-18(22-15(4)14(2)3)21-13-9-12-20-17(23)16-10-7-6-8-11-16;/h6-8,10-11,14-15H,5,9,12-13H2,1-4H3,(H,20,23)(H2,19,21,22);1H. The number of carbonyl (C=O) groups is 1. The van der Waals surface area contributed by atoms with E-state index in [0.29, 0.717) is 30.6 Å². The first-order valence-corrected chi connectivity index (χ1v) is 8.42. The van der Waals surface area contributed by atoms with Gasteiger partial charge in [-0.2, -0.15) is 0 Å². The topological polar surface area (TPSA) is 65.5 Å². The van der Waals surface area contributed by atoms with Crippen LogP contribution < -0.4 is 16.0 Å². The Kier molecular flexibility index (Phi) is 12.3. The number of nitrogens with one attached hydrogen (secondary N) is 3. The van der Waals surface area contributed by atoms with Crippen LogP contribution in [0.3, 0.4) is 0 Å². The van der Waals surface area contributed by atoms with Crippen LogP contribution in [-0.2, 0) is 0 Å². The van der Waals surface area contributed by atoms with Gasteiger partial charge >= 0.3 is 0 Å². The maximum absolute atomic E-state index is 11.9. The fourth-order valence-electron chi connectivity index (χ4n) is 1.87. The molecule has 0 fully saturated rings. The van der Waals surface area contributed by atoms with E-state index in [9.17, 15) is 4.79 Å². The molecule has 1 unspecified atom stereocenters. The van der Waals surface area contributed by atoms with Gasteiger partial charge in [-0.15, -0.1) is 24.0 Å². The second-order valence-corrected chi connectivity index (χ2v) is 5.91. The molecule has 0 heterocycles. The molecule has 0 saturated carbocycles. The lowest BCUT2D eigenvalue weighted by molar-refractivity contribution is 0.0953. The van der Waals surface area contributed by atoms with Crippen LogP contribution in [0.4, 0.5) is 0 Å². The second-order valence-electron chi connectivity index (χ2n) is 5.91. The Labute approximate surface area is 163 Å². The summed E-state index contributed by atoms with van der Waals surface area (Å²) in [6.07, 6.45) is 0.811. The fourth-order valence-corrected chi connectivity index (χ4v) is 1.87. The van der Waals surface area contributed by atoms with Crippen LogP contribution >= 0.6 is 24.0 Å². The zero-order valence-corrected chi connectivity index (χ0v) is 17.5. The summed E-state index contributed by atoms with van der Waals surface area (Å²) in [6.45, 7) is 10.7. The third-order valence-corrected chi connectivity index (χ3v) is 3.63. The number of carbonyl (C=O) groups excluding carboxylic acids is 1. The van der Waals surface area contributed by atoms with Gasteiger partial charge in [-0.05, 0) is 38.3 Å². The molecule has 0 saturated heterocycles. The number of aliphatic imine (C=N–C) groups is 1. The van der Waals surface area contributed by atoms with E-state index in [2.05, 4.69) is 48.6 Å². The van der Waals surface area contributed by atoms with Gasteiger partial charge in [0.25, 0.3) is 5.91 Å². The number of amides is 1. The van der Waals surface area contributed by atoms with E-state index < -0.39 is 0 Å². The predicted octanol–water partition coefficient (Wildman–Crippen LogP) is 3.02. The molecule has 0 radical (unpaired) electrons. The van der Waals surface area contributed by atoms with E-state index in [1.807, 2.05) is 30.3 Å². The number of halogens is 1. The van der Waals surface area contributed by atoms with E-state index in [1.165, 1.54) is 0 Å². The van der Waals surface area contributed by atoms with Crippen molar-refractivity contribution in [1.82, 2.24) is 16.0 Å². The summed E-state index contributed by atoms with van der Waals surface area (Å²) in [5.41, 5.74) is 0.691. The predicted molar refractivity (Wildman–Crippen MR) is 112 cm³/mol. The molecule has 136 valence electrons. The zero-order valence-electron chi connectivity index (χ0n) is 15.1. The molecule has 0 aliphatic rings. The van der Waals surface area contributed by atoms with Crippen LogP contribution in [0.2, 0.25) is 0 Å². The summed E-state index contributed by atoms with van der Waals surface area (Å²) < 4.78 is 0. The van der Waals surface area contributed by atoms with Crippen LogP contribution in [-0.4, -0.2) is 37.5 Å². The minimum absolute atomic E-state index is 0. The highest BCUT2D eigenvalue weighted by Crippen LogP contribution is 1.99. The summed E-state index contributed by atoms with van der Waals surface area (Å²) in [7, 11) is 0. The Hall–Kier alpha value is -1.31. The largest absolute Gasteiger partial charge is 0.357 e. The van der Waals surface area contributed by atoms with Gasteiger partial charge in [0.1, 0.15) is 0 Å². The van der Waals surface area contributed by atoms with Gasteiger partial charge < -0.3 is 16.0 Å². The van der Waals surface area contributed by atoms with Crippen molar-refractivity contribution < 1.29 is 4.79 Å². The Morgan fingerprint density at radius 1 is 1.12 bits per heavy atom. The van der Waals surface area contributed by atoms with Gasteiger partial charge in [-0.1, -0.05) is 32.0 Å². The van der Waals surface area contributed by atoms with E-state index in [1.54, 1.807) is 0 Å². The molecule has 0 aliphatic carbocycles. The van der Waals surface area contributed by atoms with Crippen LogP contribution in [0, 0.1) is 5.92 Å². The van der Waals surface area contributed by atoms with Gasteiger partial charge in [0.05, 0.1) is 0 Å². The average Bonchev–Trinajstić information content (AvgIpc) is 2.55. The molecule has 1 aromatic rings. The van der Waals surface area contributed by atoms with Gasteiger partial charge in [-0.25, -0.2) is 0 Å². The SMILES string of the molecule is CCNC(=NCCCNC(=O)c1ccccc1)NC(C)C(C)C.I. The van der Waals surface area contributed by atoms with Gasteiger partial charge in [0.2, 0.25) is 0 Å². The van der Waals surface area contributed by atoms with E-state index >= 15 is 0 Å². The highest BCUT2D eigenvalue weighted by Gasteiger charge is 2.08. The lowest BCUT2D eigenvalue weighted by Gasteiger charge is -2.20. The summed E-state index contributed by atoms with van der Waals surface area (Å²) in [5.74, 6) is 1.35. The number of hydrogen-bond donors (Lipinski definition) is 3. The van der Waals surface area contributed by atoms with Crippen molar-refractivity contribution in [2.45, 2.75) is 40.2 Å². The second kappa shape index (κ2) is 13.0. The Balaban J connectivity index is 0.00000529. The molecule has 3 N–H and O–H groups in total. The molecule has 6 heteroatoms. The van der Waals surface area contributed by atoms with Gasteiger partial charge in [0, 0.05) is 31.2 Å². The van der Waals surface area contributed by atoms with Crippen molar-refractivity contribution in [2.24, 2.45) is 10.9 Å². The first-order chi connectivity index (χ1) is 11.0. The van der Waals surface area contributed by atoms with Gasteiger partial charge in [0.15, 0.2) is 5.96 Å². The minimum atomic E-state index is -0.0342. The molecule has 1 rings (SSSR count). The lowest BCUT2D eigenvalue weighted by atomic mass is 10.1. The van der Waals surface area contributed by atoms with E-state index in [-0.39, 0.29) is 29.9 Å². The fraction of sp³-hybridized carbons (Fsp3) is 0.556. The monoisotopic (exact) mass is 446 g/mol. The third kappa shape index (κ3) is 9.10. The smallest absolute Gasteiger partial charge is 0.251 e. The quantitative estimate of drug-likeness (QED) is 0.249. The summed E-state index contributed by atoms with van der Waals surface area (Å²) in [5, 5.41) is 9.55. The molecule has 0 aliphatic heterocycles. The molecule has 24 heavy (non-hydrogen) atoms. The Bertz CT molecular complexity index is 491. The lowest BCUT2D eigenvalue weighted by Crippen LogP contribution is -2.44. The Morgan fingerprint density at radius 3 is 2.38 bits per heavy atom. The van der Waals surface area contributed by atoms with Crippen LogP contribution in [0.25, 0.3) is 0 Å². The molecule has 1 atom stereocenters. The highest BCUT2D eigenvalue weighted by molar-refractivity contribution is 14.0. The molecule has 0 bridgehead atoms. The van der Waals surface area contributed by atoms with Crippen LogP contribution in [0.5, 0.6) is 0 Å². The first kappa shape index (κ1) is 22.7. The van der Waals surface area contributed by atoms with Crippen molar-refractivity contribution in [1.29, 1.82) is 0 Å². The van der Waals surface area contributed by atoms with Crippen molar-refractivity contribution in [2.75, 3.05) is 19.6 Å². The van der Waals surface area contributed by atoms with Crippen LogP contribution in [0.15, 0.2) is 35.3 Å². The van der Waals surface area contributed by atoms with E-state index in [4.69, 9.17) is 0 Å². The molecular weight excluding hydrogens is 415 g/mol. The molecule has 0 spiro atoms. The average molecular weight is 446 g/mol. The zero-order chi connectivity index (χ0) is 17.1. The molecule has 5 nitrogen and oxygen atoms in total. The van der Waals surface area contributed by atoms with Gasteiger partial charge in [-0.3, -0.25) is 9.79 Å². The van der Waals surface area contributed by atoms with Crippen LogP contribution in [0.1, 0.15) is 44.5 Å². The van der Waals surface area contributed by atoms with Crippen molar-refractivity contribution in [3.8, 4) is 0 Å². The summed E-state index contributed by atoms with van der Waals surface area (Å²) >= 11 is 0. The summed E-state index contributed by atoms with van der Waals surface area (Å²) in [6, 6.07) is 9.62. The first-order valence-electron chi connectivity index (χ1n) is 8.42. The number of guanidine groups is 1. The molecule has 1 amide bonds. The number of benzene rings is 1. The maximum Gasteiger partial charge on any atom is 0.251 e. The number of rotatable bonds is 8.